The van der Waals surface area contributed by atoms with E-state index < -0.39 is 46.0 Å². The third-order valence-electron chi connectivity index (χ3n) is 6.83. The van der Waals surface area contributed by atoms with E-state index in [1.807, 2.05) is 6.92 Å². The summed E-state index contributed by atoms with van der Waals surface area (Å²) in [7, 11) is -4.43. The van der Waals surface area contributed by atoms with Gasteiger partial charge in [0.05, 0.1) is 40.9 Å². The summed E-state index contributed by atoms with van der Waals surface area (Å²) in [5.41, 5.74) is -0.263. The minimum absolute atomic E-state index is 0.0905. The van der Waals surface area contributed by atoms with Crippen molar-refractivity contribution in [3.63, 3.8) is 0 Å². The van der Waals surface area contributed by atoms with Gasteiger partial charge >= 0.3 is 18.4 Å². The number of carbonyl (C=O) groups excluding carboxylic acids is 2. The number of nitrogens with one attached hydrogen (secondary N) is 1. The van der Waals surface area contributed by atoms with Crippen LogP contribution < -0.4 is 4.72 Å². The van der Waals surface area contributed by atoms with Gasteiger partial charge in [-0.25, -0.2) is 27.4 Å². The Morgan fingerprint density at radius 3 is 2.39 bits per heavy atom. The summed E-state index contributed by atoms with van der Waals surface area (Å²) < 4.78 is 83.9. The van der Waals surface area contributed by atoms with Crippen LogP contribution in [0.25, 0.3) is 16.9 Å². The summed E-state index contributed by atoms with van der Waals surface area (Å²) in [4.78, 5) is 28.7. The Morgan fingerprint density at radius 1 is 1.12 bits per heavy atom. The molecule has 3 aromatic rings. The number of amides is 1. The molecule has 1 amide bonds. The summed E-state index contributed by atoms with van der Waals surface area (Å²) in [6.45, 7) is 8.17. The van der Waals surface area contributed by atoms with Crippen LogP contribution in [-0.4, -0.2) is 72.0 Å². The molecular weight excluding hydrogens is 677 g/mol. The maximum absolute atomic E-state index is 13.5. The molecule has 2 unspecified atom stereocenters. The average molecular weight is 713 g/mol. The van der Waals surface area contributed by atoms with Crippen LogP contribution in [0.15, 0.2) is 64.8 Å². The first kappa shape index (κ1) is 36.8. The molecule has 2 aromatic carbocycles. The molecule has 4 rings (SSSR count). The molecule has 1 N–H and O–H groups in total. The Hall–Kier alpha value is -5.07. The van der Waals surface area contributed by atoms with Gasteiger partial charge in [0.25, 0.3) is 16.3 Å². The summed E-state index contributed by atoms with van der Waals surface area (Å²) >= 11 is 0. The number of ether oxygens (including phenoxy) is 3. The first-order valence-corrected chi connectivity index (χ1v) is 16.3. The van der Waals surface area contributed by atoms with Crippen molar-refractivity contribution >= 4 is 22.3 Å². The number of hydrogen-bond acceptors (Lipinski definition) is 11. The molecule has 15 nitrogen and oxygen atoms in total. The predicted octanol–water partition coefficient (Wildman–Crippen LogP) is 5.71. The molecule has 0 radical (unpaired) electrons. The Labute approximate surface area is 279 Å². The van der Waals surface area contributed by atoms with Crippen LogP contribution in [0.1, 0.15) is 45.4 Å². The topological polar surface area (TPSA) is 177 Å². The number of rotatable bonds is 10. The van der Waals surface area contributed by atoms with Crippen LogP contribution in [0.2, 0.25) is 0 Å². The number of aromatic nitrogens is 2. The minimum atomic E-state index is -4.72. The van der Waals surface area contributed by atoms with Crippen LogP contribution >= 0.6 is 0 Å². The van der Waals surface area contributed by atoms with Crippen LogP contribution in [0.5, 0.6) is 0 Å². The van der Waals surface area contributed by atoms with Crippen molar-refractivity contribution in [2.24, 2.45) is 11.2 Å². The van der Waals surface area contributed by atoms with Gasteiger partial charge in [0.15, 0.2) is 5.69 Å². The molecule has 0 bridgehead atoms. The highest BCUT2D eigenvalue weighted by molar-refractivity contribution is 7.90. The minimum Gasteiger partial charge on any atom is -0.569 e. The highest BCUT2D eigenvalue weighted by Crippen LogP contribution is 2.33. The summed E-state index contributed by atoms with van der Waals surface area (Å²) in [6, 6.07) is 12.4. The van der Waals surface area contributed by atoms with Gasteiger partial charge < -0.3 is 19.4 Å². The van der Waals surface area contributed by atoms with E-state index in [0.29, 0.717) is 12.0 Å². The van der Waals surface area contributed by atoms with E-state index in [9.17, 15) is 36.4 Å². The van der Waals surface area contributed by atoms with Gasteiger partial charge in [-0.1, -0.05) is 29.8 Å². The summed E-state index contributed by atoms with van der Waals surface area (Å²) in [6.07, 6.45) is -7.82. The number of halogens is 3. The maximum Gasteiger partial charge on any atom is 0.511 e. The van der Waals surface area contributed by atoms with E-state index >= 15 is 0 Å². The zero-order valence-corrected chi connectivity index (χ0v) is 27.9. The number of sulfonamides is 1. The van der Waals surface area contributed by atoms with Crippen LogP contribution in [0.4, 0.5) is 22.8 Å². The molecule has 1 aliphatic heterocycles. The summed E-state index contributed by atoms with van der Waals surface area (Å²) in [5, 5.41) is 20.6. The van der Waals surface area contributed by atoms with Crippen molar-refractivity contribution in [1.29, 1.82) is 0 Å². The first-order valence-electron chi connectivity index (χ1n) is 14.8. The fourth-order valence-corrected chi connectivity index (χ4v) is 5.39. The maximum atomic E-state index is 13.5. The van der Waals surface area contributed by atoms with Gasteiger partial charge in [-0.2, -0.15) is 18.3 Å². The normalized spacial score (nSPS) is 16.2. The highest BCUT2D eigenvalue weighted by Gasteiger charge is 2.35. The molecule has 0 saturated carbocycles. The summed E-state index contributed by atoms with van der Waals surface area (Å²) in [5.74, 6) is -0.354. The number of carbonyl (C=O) groups is 2. The Kier molecular flexibility index (Phi) is 10.9. The third kappa shape index (κ3) is 10.2. The SMILES string of the molecule is Cc1ccc(-c2cc(C(F)(F)F)nn2-c2ccc(S(=O)(=O)NC(=O)OCC3CCN(/[N+]([O-])=N\OC(C)OC(=O)OC(C)(C)C)C3)cc2)cc1. The standard InChI is InChI=1S/C30H35F3N6O9S/c1-19-6-8-22(9-7-19)25-16-26(30(31,32)33)34-38(25)23-10-12-24(13-11-23)49(43,44)35-27(40)45-18-21-14-15-37(17-21)39(42)36-48-20(2)46-28(41)47-29(3,4)5/h6-13,16,20-21H,14-15,17-18H2,1-5H3,(H,35,40)/b39-36+. The van der Waals surface area contributed by atoms with Crippen molar-refractivity contribution in [2.45, 2.75) is 64.0 Å². The van der Waals surface area contributed by atoms with Crippen LogP contribution in [-0.2, 0) is 35.2 Å². The zero-order chi connectivity index (χ0) is 36.1. The number of benzene rings is 2. The molecular formula is C30H35F3N6O9S. The van der Waals surface area contributed by atoms with Gasteiger partial charge in [0.1, 0.15) is 5.60 Å². The molecule has 2 atom stereocenters. The molecule has 19 heteroatoms. The van der Waals surface area contributed by atoms with Crippen molar-refractivity contribution in [3.05, 3.63) is 71.1 Å². The van der Waals surface area contributed by atoms with E-state index in [-0.39, 0.29) is 46.9 Å². The van der Waals surface area contributed by atoms with Crippen molar-refractivity contribution < 1.29 is 55.2 Å². The number of aryl methyl sites for hydroxylation is 1. The molecule has 1 saturated heterocycles. The van der Waals surface area contributed by atoms with Crippen molar-refractivity contribution in [1.82, 2.24) is 19.5 Å². The molecule has 0 aliphatic carbocycles. The second-order valence-corrected chi connectivity index (χ2v) is 13.7. The lowest BCUT2D eigenvalue weighted by Crippen LogP contribution is -2.33. The lowest BCUT2D eigenvalue weighted by Gasteiger charge is -2.20. The highest BCUT2D eigenvalue weighted by atomic mass is 32.2. The van der Waals surface area contributed by atoms with E-state index in [1.165, 1.54) is 24.1 Å². The average Bonchev–Trinajstić information content (AvgIpc) is 3.66. The number of hydrazine groups is 1. The van der Waals surface area contributed by atoms with E-state index in [4.69, 9.17) is 19.0 Å². The van der Waals surface area contributed by atoms with Crippen molar-refractivity contribution in [3.8, 4) is 16.9 Å². The fraction of sp³-hybridized carbons (Fsp3) is 0.433. The largest absolute Gasteiger partial charge is 0.569 e. The van der Waals surface area contributed by atoms with Gasteiger partial charge in [-0.15, -0.1) is 5.01 Å². The molecule has 266 valence electrons. The van der Waals surface area contributed by atoms with E-state index in [0.717, 1.165) is 28.4 Å². The number of alkyl halides is 3. The van der Waals surface area contributed by atoms with Gasteiger partial charge in [0, 0.05) is 18.4 Å². The zero-order valence-electron chi connectivity index (χ0n) is 27.1. The smallest absolute Gasteiger partial charge is 0.511 e. The monoisotopic (exact) mass is 712 g/mol. The number of hydrogen-bond donors (Lipinski definition) is 1. The van der Waals surface area contributed by atoms with Gasteiger partial charge in [-0.05, 0) is 64.4 Å². The van der Waals surface area contributed by atoms with E-state index in [1.54, 1.807) is 49.8 Å². The quantitative estimate of drug-likeness (QED) is 0.0896. The van der Waals surface area contributed by atoms with Crippen LogP contribution in [0, 0.1) is 18.0 Å². The van der Waals surface area contributed by atoms with Crippen molar-refractivity contribution in [2.75, 3.05) is 19.7 Å². The van der Waals surface area contributed by atoms with E-state index in [2.05, 4.69) is 10.4 Å². The van der Waals surface area contributed by atoms with Gasteiger partial charge in [-0.3, -0.25) is 4.84 Å². The Bertz CT molecular complexity index is 1770. The Balaban J connectivity index is 1.31. The molecule has 49 heavy (non-hydrogen) atoms. The molecule has 1 fully saturated rings. The molecule has 0 spiro atoms. The second kappa shape index (κ2) is 14.6. The predicted molar refractivity (Wildman–Crippen MR) is 164 cm³/mol. The number of nitrogens with zero attached hydrogens (tertiary/aromatic N) is 5. The molecule has 2 heterocycles. The lowest BCUT2D eigenvalue weighted by atomic mass is 10.1. The molecule has 1 aliphatic rings. The second-order valence-electron chi connectivity index (χ2n) is 12.0. The first-order chi connectivity index (χ1) is 22.8. The van der Waals surface area contributed by atoms with Gasteiger partial charge in [0.2, 0.25) is 5.28 Å². The molecule has 1 aromatic heterocycles. The van der Waals surface area contributed by atoms with Crippen LogP contribution in [0.3, 0.4) is 0 Å². The third-order valence-corrected chi connectivity index (χ3v) is 8.16. The Morgan fingerprint density at radius 2 is 1.78 bits per heavy atom. The lowest BCUT2D eigenvalue weighted by molar-refractivity contribution is -0.710. The fourth-order valence-electron chi connectivity index (χ4n) is 4.50.